The number of halogens is 1. The standard InChI is InChI=1S/C13H18FNO3/c1-4-11(13(16)18-5-2)15-9-6-7-12(17-3)10(14)8-9/h6-8,11,15H,4-5H2,1-3H3. The first-order valence-corrected chi connectivity index (χ1v) is 5.89. The minimum absolute atomic E-state index is 0.171. The van der Waals surface area contributed by atoms with E-state index >= 15 is 0 Å². The molecule has 0 aliphatic rings. The molecule has 0 saturated heterocycles. The van der Waals surface area contributed by atoms with Gasteiger partial charge in [0.05, 0.1) is 13.7 Å². The molecule has 0 amide bonds. The van der Waals surface area contributed by atoms with Crippen LogP contribution in [0.2, 0.25) is 0 Å². The van der Waals surface area contributed by atoms with Crippen molar-refractivity contribution in [3.8, 4) is 5.75 Å². The van der Waals surface area contributed by atoms with E-state index in [1.165, 1.54) is 19.2 Å². The zero-order chi connectivity index (χ0) is 13.5. The van der Waals surface area contributed by atoms with E-state index in [2.05, 4.69) is 5.32 Å². The normalized spacial score (nSPS) is 11.8. The highest BCUT2D eigenvalue weighted by Gasteiger charge is 2.17. The molecule has 0 spiro atoms. The van der Waals surface area contributed by atoms with Gasteiger partial charge < -0.3 is 14.8 Å². The van der Waals surface area contributed by atoms with Crippen LogP contribution in [0.25, 0.3) is 0 Å². The molecular formula is C13H18FNO3. The first-order valence-electron chi connectivity index (χ1n) is 5.89. The van der Waals surface area contributed by atoms with Gasteiger partial charge in [-0.15, -0.1) is 0 Å². The molecule has 0 saturated carbocycles. The molecule has 1 aromatic rings. The van der Waals surface area contributed by atoms with Crippen molar-refractivity contribution >= 4 is 11.7 Å². The summed E-state index contributed by atoms with van der Waals surface area (Å²) in [4.78, 5) is 11.6. The molecule has 0 heterocycles. The number of ether oxygens (including phenoxy) is 2. The highest BCUT2D eigenvalue weighted by atomic mass is 19.1. The van der Waals surface area contributed by atoms with E-state index in [4.69, 9.17) is 9.47 Å². The van der Waals surface area contributed by atoms with Crippen molar-refractivity contribution in [2.24, 2.45) is 0 Å². The quantitative estimate of drug-likeness (QED) is 0.794. The lowest BCUT2D eigenvalue weighted by atomic mass is 10.2. The molecule has 18 heavy (non-hydrogen) atoms. The number of rotatable bonds is 6. The Hall–Kier alpha value is -1.78. The summed E-state index contributed by atoms with van der Waals surface area (Å²) in [6.45, 7) is 3.93. The highest BCUT2D eigenvalue weighted by Crippen LogP contribution is 2.21. The SMILES string of the molecule is CCOC(=O)C(CC)Nc1ccc(OC)c(F)c1. The van der Waals surface area contributed by atoms with Gasteiger partial charge >= 0.3 is 5.97 Å². The molecule has 1 aromatic carbocycles. The second kappa shape index (κ2) is 6.83. The Kier molecular flexibility index (Phi) is 5.42. The summed E-state index contributed by atoms with van der Waals surface area (Å²) in [7, 11) is 1.40. The van der Waals surface area contributed by atoms with Crippen molar-refractivity contribution in [3.05, 3.63) is 24.0 Å². The second-order valence-corrected chi connectivity index (χ2v) is 3.71. The zero-order valence-corrected chi connectivity index (χ0v) is 10.8. The van der Waals surface area contributed by atoms with Crippen molar-refractivity contribution < 1.29 is 18.7 Å². The number of carbonyl (C=O) groups excluding carboxylic acids is 1. The van der Waals surface area contributed by atoms with Crippen molar-refractivity contribution in [1.82, 2.24) is 0 Å². The molecule has 1 atom stereocenters. The van der Waals surface area contributed by atoms with Gasteiger partial charge in [-0.1, -0.05) is 6.92 Å². The van der Waals surface area contributed by atoms with Crippen molar-refractivity contribution in [2.75, 3.05) is 19.0 Å². The summed E-state index contributed by atoms with van der Waals surface area (Å²) in [5.74, 6) is -0.637. The van der Waals surface area contributed by atoms with Gasteiger partial charge in [-0.2, -0.15) is 0 Å². The lowest BCUT2D eigenvalue weighted by Crippen LogP contribution is -2.30. The zero-order valence-electron chi connectivity index (χ0n) is 10.8. The van der Waals surface area contributed by atoms with Crippen LogP contribution in [0, 0.1) is 5.82 Å². The largest absolute Gasteiger partial charge is 0.494 e. The smallest absolute Gasteiger partial charge is 0.328 e. The molecular weight excluding hydrogens is 237 g/mol. The molecule has 5 heteroatoms. The summed E-state index contributed by atoms with van der Waals surface area (Å²) in [5.41, 5.74) is 0.521. The maximum Gasteiger partial charge on any atom is 0.328 e. The van der Waals surface area contributed by atoms with E-state index in [0.717, 1.165) is 0 Å². The molecule has 100 valence electrons. The minimum Gasteiger partial charge on any atom is -0.494 e. The molecule has 0 aliphatic carbocycles. The number of hydrogen-bond acceptors (Lipinski definition) is 4. The van der Waals surface area contributed by atoms with Gasteiger partial charge in [-0.05, 0) is 25.5 Å². The molecule has 0 fully saturated rings. The highest BCUT2D eigenvalue weighted by molar-refractivity contribution is 5.79. The Morgan fingerprint density at radius 2 is 2.17 bits per heavy atom. The van der Waals surface area contributed by atoms with Crippen LogP contribution < -0.4 is 10.1 Å². The lowest BCUT2D eigenvalue weighted by molar-refractivity contribution is -0.144. The Labute approximate surface area is 106 Å². The summed E-state index contributed by atoms with van der Waals surface area (Å²) >= 11 is 0. The summed E-state index contributed by atoms with van der Waals surface area (Å²) < 4.78 is 23.2. The molecule has 4 nitrogen and oxygen atoms in total. The molecule has 0 aliphatic heterocycles. The fourth-order valence-electron chi connectivity index (χ4n) is 1.53. The third-order valence-corrected chi connectivity index (χ3v) is 2.47. The van der Waals surface area contributed by atoms with Crippen LogP contribution >= 0.6 is 0 Å². The fraction of sp³-hybridized carbons (Fsp3) is 0.462. The molecule has 1 rings (SSSR count). The summed E-state index contributed by atoms with van der Waals surface area (Å²) in [6.07, 6.45) is 0.562. The molecule has 0 bridgehead atoms. The van der Waals surface area contributed by atoms with Crippen LogP contribution in [-0.2, 0) is 9.53 Å². The third kappa shape index (κ3) is 3.61. The van der Waals surface area contributed by atoms with Crippen molar-refractivity contribution in [2.45, 2.75) is 26.3 Å². The van der Waals surface area contributed by atoms with Gasteiger partial charge in [-0.25, -0.2) is 9.18 Å². The number of esters is 1. The van der Waals surface area contributed by atoms with Crippen LogP contribution in [0.4, 0.5) is 10.1 Å². The van der Waals surface area contributed by atoms with E-state index in [1.807, 2.05) is 6.92 Å². The van der Waals surface area contributed by atoms with Crippen molar-refractivity contribution in [3.63, 3.8) is 0 Å². The maximum absolute atomic E-state index is 13.5. The topological polar surface area (TPSA) is 47.6 Å². The Balaban J connectivity index is 2.76. The Bertz CT molecular complexity index is 409. The first kappa shape index (κ1) is 14.3. The van der Waals surface area contributed by atoms with Gasteiger partial charge in [-0.3, -0.25) is 0 Å². The Morgan fingerprint density at radius 1 is 1.44 bits per heavy atom. The molecule has 0 radical (unpaired) electrons. The number of benzene rings is 1. The number of hydrogen-bond donors (Lipinski definition) is 1. The van der Waals surface area contributed by atoms with Crippen LogP contribution in [0.5, 0.6) is 5.75 Å². The monoisotopic (exact) mass is 255 g/mol. The van der Waals surface area contributed by atoms with Gasteiger partial charge in [0, 0.05) is 11.8 Å². The van der Waals surface area contributed by atoms with E-state index in [-0.39, 0.29) is 11.7 Å². The average molecular weight is 255 g/mol. The first-order chi connectivity index (χ1) is 8.62. The number of methoxy groups -OCH3 is 1. The molecule has 1 N–H and O–H groups in total. The maximum atomic E-state index is 13.5. The van der Waals surface area contributed by atoms with Crippen LogP contribution in [-0.4, -0.2) is 25.7 Å². The van der Waals surface area contributed by atoms with Gasteiger partial charge in [0.2, 0.25) is 0 Å². The predicted octanol–water partition coefficient (Wildman–Crippen LogP) is 2.59. The Morgan fingerprint density at radius 3 is 2.67 bits per heavy atom. The lowest BCUT2D eigenvalue weighted by Gasteiger charge is -2.17. The number of nitrogens with one attached hydrogen (secondary N) is 1. The van der Waals surface area contributed by atoms with E-state index in [1.54, 1.807) is 13.0 Å². The molecule has 1 unspecified atom stereocenters. The summed E-state index contributed by atoms with van der Waals surface area (Å²) in [5, 5.41) is 2.94. The van der Waals surface area contributed by atoms with E-state index in [9.17, 15) is 9.18 Å². The van der Waals surface area contributed by atoms with E-state index < -0.39 is 11.9 Å². The fourth-order valence-corrected chi connectivity index (χ4v) is 1.53. The van der Waals surface area contributed by atoms with Gasteiger partial charge in [0.1, 0.15) is 6.04 Å². The van der Waals surface area contributed by atoms with Gasteiger partial charge in [0.25, 0.3) is 0 Å². The summed E-state index contributed by atoms with van der Waals surface area (Å²) in [6, 6.07) is 3.98. The van der Waals surface area contributed by atoms with Crippen LogP contribution in [0.1, 0.15) is 20.3 Å². The average Bonchev–Trinajstić information content (AvgIpc) is 2.36. The van der Waals surface area contributed by atoms with Crippen LogP contribution in [0.15, 0.2) is 18.2 Å². The minimum atomic E-state index is -0.474. The van der Waals surface area contributed by atoms with Crippen LogP contribution in [0.3, 0.4) is 0 Å². The van der Waals surface area contributed by atoms with Crippen molar-refractivity contribution in [1.29, 1.82) is 0 Å². The third-order valence-electron chi connectivity index (χ3n) is 2.47. The number of carbonyl (C=O) groups is 1. The molecule has 0 aromatic heterocycles. The second-order valence-electron chi connectivity index (χ2n) is 3.71. The predicted molar refractivity (Wildman–Crippen MR) is 67.3 cm³/mol. The number of anilines is 1. The van der Waals surface area contributed by atoms with E-state index in [0.29, 0.717) is 18.7 Å². The van der Waals surface area contributed by atoms with Gasteiger partial charge in [0.15, 0.2) is 11.6 Å².